The van der Waals surface area contributed by atoms with Crippen LogP contribution in [0.5, 0.6) is 0 Å². The van der Waals surface area contributed by atoms with E-state index in [1.54, 1.807) is 0 Å². The minimum atomic E-state index is -0.863. The van der Waals surface area contributed by atoms with Crippen molar-refractivity contribution < 1.29 is 38.4 Å². The Morgan fingerprint density at radius 1 is 1.03 bits per heavy atom. The zero-order valence-corrected chi connectivity index (χ0v) is 20.4. The molecular formula is C22H35NO8S. The van der Waals surface area contributed by atoms with Gasteiger partial charge < -0.3 is 28.8 Å². The van der Waals surface area contributed by atoms with E-state index in [0.717, 1.165) is 0 Å². The number of nitriles is 1. The van der Waals surface area contributed by atoms with Crippen molar-refractivity contribution in [2.75, 3.05) is 12.4 Å². The van der Waals surface area contributed by atoms with E-state index in [9.17, 15) is 14.7 Å². The van der Waals surface area contributed by atoms with Crippen LogP contribution in [-0.2, 0) is 33.3 Å². The molecule has 2 aliphatic heterocycles. The Hall–Kier alpha value is -1.38. The predicted octanol–water partition coefficient (Wildman–Crippen LogP) is 2.25. The maximum absolute atomic E-state index is 11.6. The van der Waals surface area contributed by atoms with Crippen molar-refractivity contribution in [2.45, 2.75) is 90.2 Å². The van der Waals surface area contributed by atoms with Crippen LogP contribution in [0.25, 0.3) is 0 Å². The molecule has 0 bridgehead atoms. The summed E-state index contributed by atoms with van der Waals surface area (Å²) in [6, 6.07) is 2.11. The van der Waals surface area contributed by atoms with Crippen LogP contribution >= 0.6 is 11.8 Å². The smallest absolute Gasteiger partial charge is 0.303 e. The van der Waals surface area contributed by atoms with Gasteiger partial charge in [0.15, 0.2) is 6.29 Å². The van der Waals surface area contributed by atoms with Gasteiger partial charge in [-0.1, -0.05) is 27.7 Å². The molecule has 0 saturated carbocycles. The lowest BCUT2D eigenvalue weighted by molar-refractivity contribution is -0.312. The van der Waals surface area contributed by atoms with E-state index in [1.807, 2.05) is 27.7 Å². The SMILES string of the molecule is CCC1O[C@@H](SCC#N)C(C)[C@@H](O[C@@H]2OC(COC(C)=O)[C@H](OC(C)=O)C(C)C2C)[C@@H]1O. The number of hydrogen-bond donors (Lipinski definition) is 1. The summed E-state index contributed by atoms with van der Waals surface area (Å²) in [4.78, 5) is 23.0. The van der Waals surface area contributed by atoms with Crippen LogP contribution in [0.1, 0.15) is 48.0 Å². The molecular weight excluding hydrogens is 438 g/mol. The molecule has 0 aliphatic carbocycles. The highest BCUT2D eigenvalue weighted by molar-refractivity contribution is 7.99. The van der Waals surface area contributed by atoms with Crippen molar-refractivity contribution in [3.05, 3.63) is 0 Å². The molecule has 2 saturated heterocycles. The molecule has 10 heteroatoms. The average Bonchev–Trinajstić information content (AvgIpc) is 2.74. The Bertz CT molecular complexity index is 685. The first kappa shape index (κ1) is 26.9. The fraction of sp³-hybridized carbons (Fsp3) is 0.864. The van der Waals surface area contributed by atoms with Crippen molar-refractivity contribution in [1.29, 1.82) is 5.26 Å². The second kappa shape index (κ2) is 12.2. The highest BCUT2D eigenvalue weighted by atomic mass is 32.2. The van der Waals surface area contributed by atoms with Gasteiger partial charge in [0, 0.05) is 31.6 Å². The largest absolute Gasteiger partial charge is 0.463 e. The normalized spacial score (nSPS) is 39.7. The maximum atomic E-state index is 11.6. The van der Waals surface area contributed by atoms with Gasteiger partial charge in [0.05, 0.1) is 24.0 Å². The van der Waals surface area contributed by atoms with Crippen molar-refractivity contribution >= 4 is 23.7 Å². The Labute approximate surface area is 194 Å². The monoisotopic (exact) mass is 473 g/mol. The second-order valence-corrected chi connectivity index (χ2v) is 9.60. The predicted molar refractivity (Wildman–Crippen MR) is 116 cm³/mol. The van der Waals surface area contributed by atoms with Crippen molar-refractivity contribution in [3.8, 4) is 6.07 Å². The molecule has 1 N–H and O–H groups in total. The van der Waals surface area contributed by atoms with Crippen molar-refractivity contribution in [2.24, 2.45) is 17.8 Å². The first-order valence-electron chi connectivity index (χ1n) is 11.0. The first-order chi connectivity index (χ1) is 15.1. The lowest BCUT2D eigenvalue weighted by Gasteiger charge is -2.48. The number of esters is 2. The standard InChI is InChI=1S/C22H35NO8S/c1-7-16-18(26)20(13(4)22(30-16)32-9-8-23)31-21-12(3)11(2)19(28-15(6)25)17(29-21)10-27-14(5)24/h11-13,16-22,26H,7,9-10H2,1-6H3/t11?,12?,13?,16?,17?,18-,19-,20-,21+,22+/m1/s1. The molecule has 2 aliphatic rings. The number of rotatable bonds is 8. The summed E-state index contributed by atoms with van der Waals surface area (Å²) >= 11 is 1.38. The molecule has 0 amide bonds. The van der Waals surface area contributed by atoms with Crippen LogP contribution in [0, 0.1) is 29.1 Å². The number of carbonyl (C=O) groups is 2. The summed E-state index contributed by atoms with van der Waals surface area (Å²) in [6.07, 6.45) is -3.27. The molecule has 10 atom stereocenters. The zero-order valence-electron chi connectivity index (χ0n) is 19.6. The third-order valence-electron chi connectivity index (χ3n) is 6.18. The number of aliphatic hydroxyl groups is 1. The van der Waals surface area contributed by atoms with Gasteiger partial charge in [-0.15, -0.1) is 11.8 Å². The second-order valence-electron chi connectivity index (χ2n) is 8.51. The molecule has 9 nitrogen and oxygen atoms in total. The van der Waals surface area contributed by atoms with E-state index in [4.69, 9.17) is 28.9 Å². The molecule has 0 aromatic heterocycles. The van der Waals surface area contributed by atoms with Crippen LogP contribution in [0.4, 0.5) is 0 Å². The number of ether oxygens (including phenoxy) is 5. The molecule has 182 valence electrons. The fourth-order valence-electron chi connectivity index (χ4n) is 4.19. The summed E-state index contributed by atoms with van der Waals surface area (Å²) < 4.78 is 29.1. The number of hydrogen-bond acceptors (Lipinski definition) is 10. The summed E-state index contributed by atoms with van der Waals surface area (Å²) in [6.45, 7) is 10.3. The minimum Gasteiger partial charge on any atom is -0.463 e. The summed E-state index contributed by atoms with van der Waals surface area (Å²) in [5.41, 5.74) is -0.296. The summed E-state index contributed by atoms with van der Waals surface area (Å²) in [7, 11) is 0. The van der Waals surface area contributed by atoms with Gasteiger partial charge in [0.25, 0.3) is 0 Å². The Morgan fingerprint density at radius 2 is 1.72 bits per heavy atom. The van der Waals surface area contributed by atoms with Gasteiger partial charge in [-0.05, 0) is 6.42 Å². The van der Waals surface area contributed by atoms with E-state index in [1.165, 1.54) is 25.6 Å². The Morgan fingerprint density at radius 3 is 2.28 bits per heavy atom. The lowest BCUT2D eigenvalue weighted by Crippen LogP contribution is -2.58. The lowest BCUT2D eigenvalue weighted by atomic mass is 9.84. The molecule has 0 aromatic rings. The Kier molecular flexibility index (Phi) is 10.2. The van der Waals surface area contributed by atoms with Crippen molar-refractivity contribution in [3.63, 3.8) is 0 Å². The zero-order chi connectivity index (χ0) is 24.0. The van der Waals surface area contributed by atoms with E-state index in [0.29, 0.717) is 6.42 Å². The molecule has 5 unspecified atom stereocenters. The third-order valence-corrected chi connectivity index (χ3v) is 7.35. The number of nitrogens with zero attached hydrogens (tertiary/aromatic N) is 1. The fourth-order valence-corrected chi connectivity index (χ4v) is 5.10. The highest BCUT2D eigenvalue weighted by Crippen LogP contribution is 2.39. The topological polar surface area (TPSA) is 124 Å². The maximum Gasteiger partial charge on any atom is 0.303 e. The van der Waals surface area contributed by atoms with E-state index >= 15 is 0 Å². The van der Waals surface area contributed by atoms with Gasteiger partial charge in [-0.2, -0.15) is 5.26 Å². The molecule has 0 spiro atoms. The molecule has 0 aromatic carbocycles. The van der Waals surface area contributed by atoms with Crippen LogP contribution in [0.2, 0.25) is 0 Å². The molecule has 0 radical (unpaired) electrons. The third kappa shape index (κ3) is 6.58. The van der Waals surface area contributed by atoms with Gasteiger partial charge in [0.2, 0.25) is 0 Å². The Balaban J connectivity index is 2.21. The van der Waals surface area contributed by atoms with Gasteiger partial charge in [-0.25, -0.2) is 0 Å². The van der Waals surface area contributed by atoms with Gasteiger partial charge in [0.1, 0.15) is 30.4 Å². The quantitative estimate of drug-likeness (QED) is 0.525. The van der Waals surface area contributed by atoms with Crippen molar-refractivity contribution in [1.82, 2.24) is 0 Å². The highest BCUT2D eigenvalue weighted by Gasteiger charge is 2.49. The summed E-state index contributed by atoms with van der Waals surface area (Å²) in [5, 5.41) is 19.9. The average molecular weight is 474 g/mol. The molecule has 2 rings (SSSR count). The minimum absolute atomic E-state index is 0.0751. The number of aliphatic hydroxyl groups excluding tert-OH is 1. The first-order valence-corrected chi connectivity index (χ1v) is 12.1. The summed E-state index contributed by atoms with van der Waals surface area (Å²) in [5.74, 6) is -1.14. The number of carbonyl (C=O) groups excluding carboxylic acids is 2. The van der Waals surface area contributed by atoms with Crippen LogP contribution in [0.3, 0.4) is 0 Å². The van der Waals surface area contributed by atoms with Crippen LogP contribution in [0.15, 0.2) is 0 Å². The number of thioether (sulfide) groups is 1. The molecule has 2 heterocycles. The molecule has 32 heavy (non-hydrogen) atoms. The van der Waals surface area contributed by atoms with Gasteiger partial charge in [-0.3, -0.25) is 9.59 Å². The van der Waals surface area contributed by atoms with E-state index < -0.39 is 48.7 Å². The van der Waals surface area contributed by atoms with Crippen LogP contribution < -0.4 is 0 Å². The van der Waals surface area contributed by atoms with E-state index in [2.05, 4.69) is 6.07 Å². The molecule has 2 fully saturated rings. The van der Waals surface area contributed by atoms with E-state index in [-0.39, 0.29) is 35.5 Å². The van der Waals surface area contributed by atoms with Crippen LogP contribution in [-0.4, -0.2) is 71.7 Å². The van der Waals surface area contributed by atoms with Gasteiger partial charge >= 0.3 is 11.9 Å².